The maximum Gasteiger partial charge on any atom is 0.247 e. The van der Waals surface area contributed by atoms with Crippen LogP contribution in [0.1, 0.15) is 93.5 Å². The second-order valence-corrected chi connectivity index (χ2v) is 14.3. The third-order valence-electron chi connectivity index (χ3n) is 11.8. The van der Waals surface area contributed by atoms with Crippen molar-refractivity contribution in [2.45, 2.75) is 95.8 Å². The molecular weight excluding hydrogens is 560 g/mol. The summed E-state index contributed by atoms with van der Waals surface area (Å²) in [6, 6.07) is 2.50. The van der Waals surface area contributed by atoms with Crippen LogP contribution >= 0.6 is 0 Å². The molecule has 7 rings (SSSR count). The van der Waals surface area contributed by atoms with Gasteiger partial charge >= 0.3 is 0 Å². The standard InChI is InChI=1S/C35H48N2O7/c1-35(2)23-10-9-22(26(35)16-23)18-37(29(40)11-8-20-6-4-5-7-20)27-17-25(34(42)36-12-13-38)30-24-14-21(19-39)15-28(43-3)32(24)44-33(30)31(27)41/h14-15,17,19-20,22-23,26-27,30-31,33,38,41H,4-13,16,18H2,1-3H3,(H,36,42)/t22-,23-,26-,27+,30-,31-,33-/m0/s1. The van der Waals surface area contributed by atoms with E-state index in [4.69, 9.17) is 9.47 Å². The molecule has 240 valence electrons. The highest BCUT2D eigenvalue weighted by Crippen LogP contribution is 2.61. The number of hydrogen-bond acceptors (Lipinski definition) is 7. The number of nitrogens with one attached hydrogen (secondary N) is 1. The Labute approximate surface area is 260 Å². The first-order valence-corrected chi connectivity index (χ1v) is 16.6. The van der Waals surface area contributed by atoms with Crippen molar-refractivity contribution in [1.29, 1.82) is 0 Å². The first kappa shape index (κ1) is 31.1. The van der Waals surface area contributed by atoms with Gasteiger partial charge in [-0.1, -0.05) is 39.5 Å². The van der Waals surface area contributed by atoms with Gasteiger partial charge in [-0.25, -0.2) is 0 Å². The topological polar surface area (TPSA) is 125 Å². The minimum atomic E-state index is -1.10. The average molecular weight is 609 g/mol. The molecule has 0 spiro atoms. The van der Waals surface area contributed by atoms with Crippen molar-refractivity contribution < 1.29 is 34.1 Å². The fourth-order valence-corrected chi connectivity index (χ4v) is 9.15. The molecule has 1 aromatic carbocycles. The lowest BCUT2D eigenvalue weighted by Gasteiger charge is -2.61. The van der Waals surface area contributed by atoms with Crippen LogP contribution in [0.2, 0.25) is 0 Å². The van der Waals surface area contributed by atoms with E-state index in [0.717, 1.165) is 44.3 Å². The average Bonchev–Trinajstić information content (AvgIpc) is 3.70. The fourth-order valence-electron chi connectivity index (χ4n) is 9.15. The quantitative estimate of drug-likeness (QED) is 0.324. The van der Waals surface area contributed by atoms with Crippen molar-refractivity contribution in [2.75, 3.05) is 26.8 Å². The predicted octanol–water partition coefficient (Wildman–Crippen LogP) is 4.00. The van der Waals surface area contributed by atoms with Gasteiger partial charge in [0.15, 0.2) is 11.5 Å². The van der Waals surface area contributed by atoms with Crippen LogP contribution in [-0.4, -0.2) is 78.3 Å². The number of aliphatic hydroxyl groups excluding tert-OH is 2. The summed E-state index contributed by atoms with van der Waals surface area (Å²) in [5.74, 6) is 1.84. The van der Waals surface area contributed by atoms with Crippen molar-refractivity contribution in [2.24, 2.45) is 29.1 Å². The number of aliphatic hydroxyl groups is 2. The Bertz CT molecular complexity index is 1300. The smallest absolute Gasteiger partial charge is 0.247 e. The summed E-state index contributed by atoms with van der Waals surface area (Å²) in [7, 11) is 1.49. The largest absolute Gasteiger partial charge is 0.493 e. The number of ether oxygens (including phenoxy) is 2. The van der Waals surface area contributed by atoms with Gasteiger partial charge in [0.1, 0.15) is 18.5 Å². The number of carbonyl (C=O) groups excluding carboxylic acids is 3. The summed E-state index contributed by atoms with van der Waals surface area (Å²) < 4.78 is 11.9. The Morgan fingerprint density at radius 2 is 1.95 bits per heavy atom. The van der Waals surface area contributed by atoms with Gasteiger partial charge in [-0.15, -0.1) is 0 Å². The van der Waals surface area contributed by atoms with E-state index in [1.807, 2.05) is 4.90 Å². The molecule has 0 aromatic heterocycles. The molecular formula is C35H48N2O7. The lowest BCUT2D eigenvalue weighted by atomic mass is 9.45. The molecule has 0 radical (unpaired) electrons. The number of nitrogens with zero attached hydrogens (tertiary/aromatic N) is 1. The van der Waals surface area contributed by atoms with Gasteiger partial charge < -0.3 is 29.9 Å². The van der Waals surface area contributed by atoms with E-state index < -0.39 is 30.1 Å². The zero-order valence-electron chi connectivity index (χ0n) is 26.3. The molecule has 2 amide bonds. The maximum absolute atomic E-state index is 14.2. The van der Waals surface area contributed by atoms with Crippen LogP contribution in [-0.2, 0) is 9.59 Å². The lowest BCUT2D eigenvalue weighted by molar-refractivity contribution is -0.146. The zero-order valence-corrected chi connectivity index (χ0v) is 26.3. The van der Waals surface area contributed by atoms with Gasteiger partial charge in [-0.2, -0.15) is 0 Å². The number of rotatable bonds is 11. The molecule has 9 heteroatoms. The number of fused-ring (bicyclic) bond motifs is 5. The molecule has 4 saturated carbocycles. The second kappa shape index (κ2) is 12.5. The van der Waals surface area contributed by atoms with Crippen LogP contribution in [0.15, 0.2) is 23.8 Å². The minimum Gasteiger partial charge on any atom is -0.493 e. The van der Waals surface area contributed by atoms with E-state index >= 15 is 0 Å². The molecule has 0 unspecified atom stereocenters. The van der Waals surface area contributed by atoms with Gasteiger partial charge in [-0.05, 0) is 73.0 Å². The van der Waals surface area contributed by atoms with Gasteiger partial charge in [0.25, 0.3) is 0 Å². The molecule has 7 atom stereocenters. The second-order valence-electron chi connectivity index (χ2n) is 14.3. The van der Waals surface area contributed by atoms with Crippen molar-refractivity contribution in [3.8, 4) is 11.5 Å². The number of aldehydes is 1. The normalized spacial score (nSPS) is 31.6. The summed E-state index contributed by atoms with van der Waals surface area (Å²) in [6.07, 6.45) is 9.92. The van der Waals surface area contributed by atoms with E-state index in [1.54, 1.807) is 18.2 Å². The number of benzene rings is 1. The van der Waals surface area contributed by atoms with Gasteiger partial charge in [0.2, 0.25) is 11.8 Å². The van der Waals surface area contributed by atoms with Crippen molar-refractivity contribution in [3.05, 3.63) is 34.9 Å². The molecule has 1 heterocycles. The highest BCUT2D eigenvalue weighted by atomic mass is 16.5. The van der Waals surface area contributed by atoms with Crippen LogP contribution in [0.4, 0.5) is 0 Å². The summed E-state index contributed by atoms with van der Waals surface area (Å²) >= 11 is 0. The van der Waals surface area contributed by atoms with E-state index in [0.29, 0.717) is 58.9 Å². The molecule has 1 aliphatic heterocycles. The molecule has 6 aliphatic rings. The molecule has 2 bridgehead atoms. The van der Waals surface area contributed by atoms with Crippen LogP contribution in [0, 0.1) is 29.1 Å². The third-order valence-corrected chi connectivity index (χ3v) is 11.8. The molecule has 5 aliphatic carbocycles. The highest BCUT2D eigenvalue weighted by Gasteiger charge is 2.56. The van der Waals surface area contributed by atoms with E-state index in [-0.39, 0.29) is 24.5 Å². The van der Waals surface area contributed by atoms with Crippen molar-refractivity contribution in [3.63, 3.8) is 0 Å². The monoisotopic (exact) mass is 608 g/mol. The molecule has 1 aromatic rings. The minimum absolute atomic E-state index is 0.0151. The Kier molecular flexibility index (Phi) is 8.81. The molecule has 9 nitrogen and oxygen atoms in total. The summed E-state index contributed by atoms with van der Waals surface area (Å²) in [5.41, 5.74) is 1.57. The van der Waals surface area contributed by atoms with E-state index in [1.165, 1.54) is 26.4 Å². The third kappa shape index (κ3) is 5.44. The first-order valence-electron chi connectivity index (χ1n) is 16.6. The molecule has 44 heavy (non-hydrogen) atoms. The Morgan fingerprint density at radius 3 is 2.61 bits per heavy atom. The van der Waals surface area contributed by atoms with Gasteiger partial charge in [0.05, 0.1) is 25.7 Å². The Hall–Kier alpha value is -2.91. The van der Waals surface area contributed by atoms with Gasteiger partial charge in [-0.3, -0.25) is 14.4 Å². The number of amides is 2. The summed E-state index contributed by atoms with van der Waals surface area (Å²) in [5, 5.41) is 24.3. The lowest BCUT2D eigenvalue weighted by Crippen LogP contribution is -2.59. The Balaban J connectivity index is 1.37. The first-order chi connectivity index (χ1) is 21.2. The maximum atomic E-state index is 14.2. The molecule has 0 saturated heterocycles. The zero-order chi connectivity index (χ0) is 31.2. The number of methoxy groups -OCH3 is 1. The van der Waals surface area contributed by atoms with E-state index in [2.05, 4.69) is 19.2 Å². The van der Waals surface area contributed by atoms with Crippen LogP contribution in [0.5, 0.6) is 11.5 Å². The van der Waals surface area contributed by atoms with Gasteiger partial charge in [0, 0.05) is 36.2 Å². The Morgan fingerprint density at radius 1 is 1.18 bits per heavy atom. The molecule has 3 N–H and O–H groups in total. The number of carbonyl (C=O) groups is 3. The predicted molar refractivity (Wildman–Crippen MR) is 165 cm³/mol. The summed E-state index contributed by atoms with van der Waals surface area (Å²) in [6.45, 7) is 5.07. The fraction of sp³-hybridized carbons (Fsp3) is 0.686. The highest BCUT2D eigenvalue weighted by molar-refractivity contribution is 5.96. The van der Waals surface area contributed by atoms with Crippen molar-refractivity contribution in [1.82, 2.24) is 10.2 Å². The molecule has 4 fully saturated rings. The van der Waals surface area contributed by atoms with Crippen LogP contribution in [0.25, 0.3) is 0 Å². The number of hydrogen-bond donors (Lipinski definition) is 3. The SMILES string of the molecule is COc1cc(C=O)cc2c1O[C@@H]1[C@@H](O)[C@H](N(C[C@@H]3CC[C@H]4C[C@@H]3C4(C)C)C(=O)CCC3CCCC3)C=C(C(=O)NCCO)[C@H]21. The van der Waals surface area contributed by atoms with E-state index in [9.17, 15) is 24.6 Å². The van der Waals surface area contributed by atoms with Crippen LogP contribution in [0.3, 0.4) is 0 Å². The van der Waals surface area contributed by atoms with Crippen molar-refractivity contribution >= 4 is 18.1 Å². The van der Waals surface area contributed by atoms with Crippen LogP contribution < -0.4 is 14.8 Å². The summed E-state index contributed by atoms with van der Waals surface area (Å²) in [4.78, 5) is 41.5.